The van der Waals surface area contributed by atoms with Gasteiger partial charge in [0.25, 0.3) is 10.1 Å². The molecule has 0 bridgehead atoms. The highest BCUT2D eigenvalue weighted by molar-refractivity contribution is 7.85. The molecule has 0 aromatic rings. The van der Waals surface area contributed by atoms with Gasteiger partial charge in [0, 0.05) is 0 Å². The Balaban J connectivity index is 3.54. The molecule has 5 nitrogen and oxygen atoms in total. The Morgan fingerprint density at radius 1 is 1.64 bits per heavy atom. The molecule has 0 fully saturated rings. The standard InChI is InChI=1S/C5H13NO4S/c1-11(8,9)10-4-5(7)2-3-6/h5,7H,2-4,6H2,1H3/t5-/m1/s1. The van der Waals surface area contributed by atoms with Gasteiger partial charge in [0.15, 0.2) is 0 Å². The van der Waals surface area contributed by atoms with Gasteiger partial charge in [0.1, 0.15) is 0 Å². The molecule has 0 spiro atoms. The molecular weight excluding hydrogens is 170 g/mol. The van der Waals surface area contributed by atoms with Crippen molar-refractivity contribution in [3.05, 3.63) is 0 Å². The lowest BCUT2D eigenvalue weighted by Gasteiger charge is -2.07. The summed E-state index contributed by atoms with van der Waals surface area (Å²) in [5.74, 6) is 0. The summed E-state index contributed by atoms with van der Waals surface area (Å²) >= 11 is 0. The molecule has 0 aliphatic carbocycles. The van der Waals surface area contributed by atoms with E-state index in [1.54, 1.807) is 0 Å². The summed E-state index contributed by atoms with van der Waals surface area (Å²) in [7, 11) is -3.44. The highest BCUT2D eigenvalue weighted by atomic mass is 32.2. The first-order valence-electron chi connectivity index (χ1n) is 3.18. The van der Waals surface area contributed by atoms with Crippen LogP contribution in [0, 0.1) is 0 Å². The molecule has 0 aromatic heterocycles. The van der Waals surface area contributed by atoms with Gasteiger partial charge in [-0.05, 0) is 13.0 Å². The lowest BCUT2D eigenvalue weighted by atomic mass is 10.3. The maximum Gasteiger partial charge on any atom is 0.264 e. The van der Waals surface area contributed by atoms with Crippen LogP contribution >= 0.6 is 0 Å². The molecule has 0 aliphatic rings. The predicted molar refractivity (Wildman–Crippen MR) is 40.5 cm³/mol. The fourth-order valence-corrected chi connectivity index (χ4v) is 0.882. The fraction of sp³-hybridized carbons (Fsp3) is 1.00. The van der Waals surface area contributed by atoms with Crippen LogP contribution in [0.5, 0.6) is 0 Å². The van der Waals surface area contributed by atoms with Crippen LogP contribution in [0.4, 0.5) is 0 Å². The molecule has 11 heavy (non-hydrogen) atoms. The second kappa shape index (κ2) is 4.66. The minimum atomic E-state index is -3.44. The van der Waals surface area contributed by atoms with Crippen LogP contribution in [-0.4, -0.2) is 39.0 Å². The summed E-state index contributed by atoms with van der Waals surface area (Å²) in [6, 6.07) is 0. The number of aliphatic hydroxyl groups is 1. The summed E-state index contributed by atoms with van der Waals surface area (Å²) in [6.07, 6.45) is 0.479. The van der Waals surface area contributed by atoms with Crippen molar-refractivity contribution in [2.45, 2.75) is 12.5 Å². The van der Waals surface area contributed by atoms with Gasteiger partial charge in [0.05, 0.1) is 19.0 Å². The third kappa shape index (κ3) is 7.73. The van der Waals surface area contributed by atoms with E-state index in [0.29, 0.717) is 13.0 Å². The SMILES string of the molecule is CS(=O)(=O)OC[C@H](O)CCN. The largest absolute Gasteiger partial charge is 0.391 e. The summed E-state index contributed by atoms with van der Waals surface area (Å²) in [5.41, 5.74) is 5.10. The minimum absolute atomic E-state index is 0.212. The van der Waals surface area contributed by atoms with Gasteiger partial charge in [-0.15, -0.1) is 0 Å². The van der Waals surface area contributed by atoms with Crippen molar-refractivity contribution in [3.8, 4) is 0 Å². The topological polar surface area (TPSA) is 89.6 Å². The molecule has 0 rings (SSSR count). The third-order valence-corrected chi connectivity index (χ3v) is 1.54. The van der Waals surface area contributed by atoms with Gasteiger partial charge < -0.3 is 10.8 Å². The fourth-order valence-electron chi connectivity index (χ4n) is 0.478. The Morgan fingerprint density at radius 2 is 2.18 bits per heavy atom. The molecule has 0 aliphatic heterocycles. The number of rotatable bonds is 5. The second-order valence-electron chi connectivity index (χ2n) is 2.22. The van der Waals surface area contributed by atoms with Crippen LogP contribution in [0.2, 0.25) is 0 Å². The molecular formula is C5H13NO4S. The number of aliphatic hydroxyl groups excluding tert-OH is 1. The maximum atomic E-state index is 10.4. The summed E-state index contributed by atoms with van der Waals surface area (Å²) in [6.45, 7) is 0.102. The molecule has 0 radical (unpaired) electrons. The molecule has 6 heteroatoms. The molecule has 0 unspecified atom stereocenters. The van der Waals surface area contributed by atoms with Crippen LogP contribution in [0.15, 0.2) is 0 Å². The highest BCUT2D eigenvalue weighted by Crippen LogP contribution is 1.94. The van der Waals surface area contributed by atoms with Crippen molar-refractivity contribution < 1.29 is 17.7 Å². The first-order chi connectivity index (χ1) is 4.95. The summed E-state index contributed by atoms with van der Waals surface area (Å²) < 4.78 is 25.1. The summed E-state index contributed by atoms with van der Waals surface area (Å²) in [5, 5.41) is 8.94. The van der Waals surface area contributed by atoms with Crippen molar-refractivity contribution in [2.24, 2.45) is 5.73 Å². The molecule has 0 saturated carbocycles. The van der Waals surface area contributed by atoms with Crippen LogP contribution in [0.25, 0.3) is 0 Å². The normalized spacial score (nSPS) is 14.8. The third-order valence-electron chi connectivity index (χ3n) is 0.974. The van der Waals surface area contributed by atoms with E-state index in [1.807, 2.05) is 0 Å². The van der Waals surface area contributed by atoms with Crippen LogP contribution in [0.1, 0.15) is 6.42 Å². The van der Waals surface area contributed by atoms with E-state index < -0.39 is 16.2 Å². The van der Waals surface area contributed by atoms with E-state index in [2.05, 4.69) is 4.18 Å². The van der Waals surface area contributed by atoms with Gasteiger partial charge in [-0.3, -0.25) is 4.18 Å². The average molecular weight is 183 g/mol. The average Bonchev–Trinajstić information content (AvgIpc) is 1.83. The van der Waals surface area contributed by atoms with Crippen molar-refractivity contribution in [3.63, 3.8) is 0 Å². The molecule has 68 valence electrons. The van der Waals surface area contributed by atoms with E-state index in [9.17, 15) is 8.42 Å². The van der Waals surface area contributed by atoms with Crippen molar-refractivity contribution in [1.82, 2.24) is 0 Å². The Bertz CT molecular complexity index is 189. The molecule has 3 N–H and O–H groups in total. The lowest BCUT2D eigenvalue weighted by Crippen LogP contribution is -2.21. The van der Waals surface area contributed by atoms with Crippen LogP contribution < -0.4 is 5.73 Å². The van der Waals surface area contributed by atoms with Crippen LogP contribution in [-0.2, 0) is 14.3 Å². The van der Waals surface area contributed by atoms with Gasteiger partial charge in [0.2, 0.25) is 0 Å². The Labute approximate surface area is 66.3 Å². The summed E-state index contributed by atoms with van der Waals surface area (Å²) in [4.78, 5) is 0. The van der Waals surface area contributed by atoms with Gasteiger partial charge >= 0.3 is 0 Å². The molecule has 0 aromatic carbocycles. The first kappa shape index (κ1) is 10.8. The molecule has 0 saturated heterocycles. The zero-order chi connectivity index (χ0) is 8.91. The Kier molecular flexibility index (Phi) is 4.58. The Hall–Kier alpha value is -0.170. The predicted octanol–water partition coefficient (Wildman–Crippen LogP) is -1.33. The van der Waals surface area contributed by atoms with E-state index in [0.717, 1.165) is 6.26 Å². The minimum Gasteiger partial charge on any atom is -0.391 e. The smallest absolute Gasteiger partial charge is 0.264 e. The Morgan fingerprint density at radius 3 is 2.55 bits per heavy atom. The number of nitrogens with two attached hydrogens (primary N) is 1. The molecule has 0 amide bonds. The van der Waals surface area contributed by atoms with Crippen molar-refractivity contribution >= 4 is 10.1 Å². The van der Waals surface area contributed by atoms with E-state index in [4.69, 9.17) is 10.8 Å². The second-order valence-corrected chi connectivity index (χ2v) is 3.86. The number of hydrogen-bond donors (Lipinski definition) is 2. The quantitative estimate of drug-likeness (QED) is 0.515. The lowest BCUT2D eigenvalue weighted by molar-refractivity contribution is 0.106. The molecule has 1 atom stereocenters. The monoisotopic (exact) mass is 183 g/mol. The van der Waals surface area contributed by atoms with Gasteiger partial charge in [-0.2, -0.15) is 8.42 Å². The first-order valence-corrected chi connectivity index (χ1v) is 5.00. The van der Waals surface area contributed by atoms with E-state index in [1.165, 1.54) is 0 Å². The van der Waals surface area contributed by atoms with Gasteiger partial charge in [-0.1, -0.05) is 0 Å². The van der Waals surface area contributed by atoms with Crippen molar-refractivity contribution in [2.75, 3.05) is 19.4 Å². The maximum absolute atomic E-state index is 10.4. The van der Waals surface area contributed by atoms with Crippen LogP contribution in [0.3, 0.4) is 0 Å². The zero-order valence-electron chi connectivity index (χ0n) is 6.36. The van der Waals surface area contributed by atoms with E-state index in [-0.39, 0.29) is 6.61 Å². The molecule has 0 heterocycles. The van der Waals surface area contributed by atoms with Crippen molar-refractivity contribution in [1.29, 1.82) is 0 Å². The highest BCUT2D eigenvalue weighted by Gasteiger charge is 2.07. The van der Waals surface area contributed by atoms with Gasteiger partial charge in [-0.25, -0.2) is 0 Å². The number of hydrogen-bond acceptors (Lipinski definition) is 5. The van der Waals surface area contributed by atoms with E-state index >= 15 is 0 Å². The zero-order valence-corrected chi connectivity index (χ0v) is 7.17.